The summed E-state index contributed by atoms with van der Waals surface area (Å²) < 4.78 is 1.68. The fraction of sp³-hybridized carbons (Fsp3) is 0.111. The average molecular weight is 518 g/mol. The van der Waals surface area contributed by atoms with Crippen LogP contribution in [0.2, 0.25) is 0 Å². The zero-order chi connectivity index (χ0) is 27.7. The summed E-state index contributed by atoms with van der Waals surface area (Å²) in [6, 6.07) is 17.6. The number of hydrogen-bond acceptors (Lipinski definition) is 7. The smallest absolute Gasteiger partial charge is 0.339 e. The molecule has 0 saturated carbocycles. The van der Waals surface area contributed by atoms with Gasteiger partial charge in [0.1, 0.15) is 17.1 Å². The molecule has 1 heterocycles. The molecule has 0 spiro atoms. The summed E-state index contributed by atoms with van der Waals surface area (Å²) in [5.74, 6) is -2.16. The molecule has 4 aromatic rings. The quantitative estimate of drug-likeness (QED) is 0.159. The van der Waals surface area contributed by atoms with Crippen LogP contribution in [0.3, 0.4) is 0 Å². The summed E-state index contributed by atoms with van der Waals surface area (Å²) in [7, 11) is 0. The maximum absolute atomic E-state index is 12.3. The molecule has 0 fully saturated rings. The van der Waals surface area contributed by atoms with Gasteiger partial charge in [-0.3, -0.25) is 14.3 Å². The largest absolute Gasteiger partial charge is 0.508 e. The van der Waals surface area contributed by atoms with E-state index in [1.807, 2.05) is 31.2 Å². The van der Waals surface area contributed by atoms with E-state index in [1.165, 1.54) is 12.3 Å². The topological polar surface area (TPSA) is 180 Å². The minimum absolute atomic E-state index is 0.143. The number of phenolic OH excluding ortho intramolecular Hbond substituents is 1. The van der Waals surface area contributed by atoms with Crippen LogP contribution in [0.15, 0.2) is 79.1 Å². The highest BCUT2D eigenvalue weighted by Crippen LogP contribution is 2.21. The Labute approximate surface area is 218 Å². The van der Waals surface area contributed by atoms with Crippen LogP contribution in [0.1, 0.15) is 43.6 Å². The first-order chi connectivity index (χ1) is 18.2. The number of anilines is 2. The van der Waals surface area contributed by atoms with E-state index < -0.39 is 5.97 Å². The van der Waals surface area contributed by atoms with Crippen LogP contribution in [0.25, 0.3) is 0 Å². The lowest BCUT2D eigenvalue weighted by atomic mass is 10.1. The Morgan fingerprint density at radius 3 is 2.29 bits per heavy atom. The van der Waals surface area contributed by atoms with Gasteiger partial charge in [-0.2, -0.15) is 5.10 Å². The van der Waals surface area contributed by atoms with Crippen LogP contribution < -0.4 is 16.4 Å². The molecule has 0 aliphatic heterocycles. The van der Waals surface area contributed by atoms with Gasteiger partial charge in [-0.1, -0.05) is 24.3 Å². The number of amides is 2. The van der Waals surface area contributed by atoms with E-state index in [-0.39, 0.29) is 28.9 Å². The number of nitrogens with one attached hydrogen (secondary N) is 2. The second-order valence-corrected chi connectivity index (χ2v) is 8.03. The number of para-hydroxylation sites is 2. The van der Waals surface area contributed by atoms with Gasteiger partial charge in [0, 0.05) is 18.3 Å². The summed E-state index contributed by atoms with van der Waals surface area (Å²) in [4.78, 5) is 34.4. The fourth-order valence-corrected chi connectivity index (χ4v) is 3.28. The zero-order valence-corrected chi connectivity index (χ0v) is 20.5. The Bertz CT molecular complexity index is 1430. The monoisotopic (exact) mass is 517 g/mol. The normalized spacial score (nSPS) is 10.1. The van der Waals surface area contributed by atoms with Crippen molar-refractivity contribution in [3.05, 3.63) is 101 Å². The molecule has 0 aliphatic carbocycles. The maximum atomic E-state index is 12.3. The minimum atomic E-state index is -1.27. The first kappa shape index (κ1) is 27.3. The fourth-order valence-electron chi connectivity index (χ4n) is 3.28. The lowest BCUT2D eigenvalue weighted by Gasteiger charge is -2.08. The van der Waals surface area contributed by atoms with E-state index in [4.69, 9.17) is 21.1 Å². The molecule has 11 heteroatoms. The first-order valence-electron chi connectivity index (χ1n) is 11.5. The van der Waals surface area contributed by atoms with Crippen molar-refractivity contribution in [3.8, 4) is 11.5 Å². The van der Waals surface area contributed by atoms with Crippen LogP contribution in [0, 0.1) is 0 Å². The van der Waals surface area contributed by atoms with E-state index in [2.05, 4.69) is 15.7 Å². The van der Waals surface area contributed by atoms with Crippen molar-refractivity contribution in [1.29, 1.82) is 0 Å². The number of rotatable bonds is 7. The maximum Gasteiger partial charge on any atom is 0.339 e. The van der Waals surface area contributed by atoms with Gasteiger partial charge in [0.25, 0.3) is 11.8 Å². The molecule has 1 aromatic heterocycles. The summed E-state index contributed by atoms with van der Waals surface area (Å²) in [6.07, 6.45) is 3.24. The number of phenols is 2. The van der Waals surface area contributed by atoms with Crippen molar-refractivity contribution in [1.82, 2.24) is 15.1 Å². The zero-order valence-electron chi connectivity index (χ0n) is 20.5. The van der Waals surface area contributed by atoms with Crippen molar-refractivity contribution in [2.24, 2.45) is 0 Å². The van der Waals surface area contributed by atoms with E-state index in [1.54, 1.807) is 35.1 Å². The third-order valence-corrected chi connectivity index (χ3v) is 5.21. The summed E-state index contributed by atoms with van der Waals surface area (Å²) in [5, 5.41) is 35.9. The van der Waals surface area contributed by atoms with E-state index in [0.717, 1.165) is 17.7 Å². The highest BCUT2D eigenvalue weighted by atomic mass is 16.4. The molecule has 2 amide bonds. The number of aromatic hydroxyl groups is 2. The number of nitrogen functional groups attached to an aromatic ring is 1. The predicted octanol–water partition coefficient (Wildman–Crippen LogP) is 3.31. The van der Waals surface area contributed by atoms with E-state index >= 15 is 0 Å². The van der Waals surface area contributed by atoms with Crippen LogP contribution in [0.5, 0.6) is 11.5 Å². The van der Waals surface area contributed by atoms with Gasteiger partial charge in [-0.05, 0) is 55.0 Å². The lowest BCUT2D eigenvalue weighted by Crippen LogP contribution is -2.22. The predicted molar refractivity (Wildman–Crippen MR) is 141 cm³/mol. The molecular weight excluding hydrogens is 490 g/mol. The van der Waals surface area contributed by atoms with Crippen LogP contribution in [0.4, 0.5) is 11.4 Å². The summed E-state index contributed by atoms with van der Waals surface area (Å²) >= 11 is 0. The number of carbonyl (C=O) groups is 3. The Kier molecular flexibility index (Phi) is 9.03. The van der Waals surface area contributed by atoms with Crippen molar-refractivity contribution in [2.75, 3.05) is 17.6 Å². The van der Waals surface area contributed by atoms with Crippen LogP contribution in [-0.4, -0.2) is 49.4 Å². The molecule has 3 aromatic carbocycles. The van der Waals surface area contributed by atoms with Gasteiger partial charge in [-0.25, -0.2) is 4.79 Å². The molecule has 11 nitrogen and oxygen atoms in total. The second kappa shape index (κ2) is 12.6. The molecule has 0 saturated heterocycles. The second-order valence-electron chi connectivity index (χ2n) is 8.03. The molecule has 0 atom stereocenters. The standard InChI is InChI=1S/C20H21N5O2.C7H6O4/c1-2-22-19(26)16-11-23-25(13-16)12-14-7-9-15(10-8-14)20(27)24-18-6-4-3-5-17(18)21;8-4-1-2-6(9)5(3-4)7(10)11/h3-11,13H,2,12,21H2,1H3,(H,22,26)(H,24,27);1-3,8-9H,(H,10,11). The SMILES string of the molecule is CCNC(=O)c1cnn(Cc2ccc(C(=O)Nc3ccccc3N)cc2)c1.O=C(O)c1cc(O)ccc1O. The lowest BCUT2D eigenvalue weighted by molar-refractivity contribution is 0.0692. The number of aromatic carboxylic acids is 1. The number of hydrogen-bond donors (Lipinski definition) is 6. The minimum Gasteiger partial charge on any atom is -0.508 e. The molecule has 38 heavy (non-hydrogen) atoms. The molecule has 0 aliphatic rings. The van der Waals surface area contributed by atoms with Crippen LogP contribution >= 0.6 is 0 Å². The Hall–Kier alpha value is -5.32. The van der Waals surface area contributed by atoms with E-state index in [9.17, 15) is 14.4 Å². The van der Waals surface area contributed by atoms with Crippen molar-refractivity contribution in [3.63, 3.8) is 0 Å². The highest BCUT2D eigenvalue weighted by molar-refractivity contribution is 6.05. The molecular formula is C27H27N5O6. The highest BCUT2D eigenvalue weighted by Gasteiger charge is 2.10. The molecule has 0 bridgehead atoms. The van der Waals surface area contributed by atoms with E-state index in [0.29, 0.717) is 35.6 Å². The Morgan fingerprint density at radius 1 is 0.947 bits per heavy atom. The number of aromatic nitrogens is 2. The number of carboxylic acids is 1. The van der Waals surface area contributed by atoms with Gasteiger partial charge in [-0.15, -0.1) is 0 Å². The number of nitrogens with two attached hydrogens (primary N) is 1. The van der Waals surface area contributed by atoms with Gasteiger partial charge in [0.15, 0.2) is 0 Å². The molecule has 7 N–H and O–H groups in total. The molecule has 4 rings (SSSR count). The number of carbonyl (C=O) groups excluding carboxylic acids is 2. The molecule has 0 unspecified atom stereocenters. The molecule has 0 radical (unpaired) electrons. The summed E-state index contributed by atoms with van der Waals surface area (Å²) in [5.41, 5.74) is 8.67. The van der Waals surface area contributed by atoms with Gasteiger partial charge in [0.05, 0.1) is 29.7 Å². The first-order valence-corrected chi connectivity index (χ1v) is 11.5. The third-order valence-electron chi connectivity index (χ3n) is 5.21. The Morgan fingerprint density at radius 2 is 1.66 bits per heavy atom. The number of nitrogens with zero attached hydrogens (tertiary/aromatic N) is 2. The van der Waals surface area contributed by atoms with Crippen molar-refractivity contribution < 1.29 is 29.7 Å². The van der Waals surface area contributed by atoms with Gasteiger partial charge < -0.3 is 31.7 Å². The average Bonchev–Trinajstić information content (AvgIpc) is 3.36. The molecule has 196 valence electrons. The van der Waals surface area contributed by atoms with Crippen LogP contribution in [-0.2, 0) is 6.54 Å². The van der Waals surface area contributed by atoms with Gasteiger partial charge in [0.2, 0.25) is 0 Å². The Balaban J connectivity index is 0.000000304. The summed E-state index contributed by atoms with van der Waals surface area (Å²) in [6.45, 7) is 2.95. The third kappa shape index (κ3) is 7.34. The van der Waals surface area contributed by atoms with Gasteiger partial charge >= 0.3 is 5.97 Å². The van der Waals surface area contributed by atoms with Crippen molar-refractivity contribution >= 4 is 29.2 Å². The number of benzene rings is 3. The number of carboxylic acid groups (broad SMARTS) is 1. The van der Waals surface area contributed by atoms with Crippen molar-refractivity contribution in [2.45, 2.75) is 13.5 Å².